The number of benzene rings is 2. The van der Waals surface area contributed by atoms with E-state index in [0.29, 0.717) is 0 Å². The van der Waals surface area contributed by atoms with E-state index < -0.39 is 10.1 Å². The maximum atomic E-state index is 12.2. The fourth-order valence-corrected chi connectivity index (χ4v) is 7.45. The monoisotopic (exact) mass is 285 g/mol. The van der Waals surface area contributed by atoms with Gasteiger partial charge in [0.2, 0.25) is 0 Å². The van der Waals surface area contributed by atoms with Crippen molar-refractivity contribution in [2.24, 2.45) is 0 Å². The second-order valence-electron chi connectivity index (χ2n) is 3.78. The van der Waals surface area contributed by atoms with Crippen LogP contribution in [-0.2, 0) is 10.1 Å². The zero-order chi connectivity index (χ0) is 10.5. The third-order valence-corrected chi connectivity index (χ3v) is 8.62. The van der Waals surface area contributed by atoms with Gasteiger partial charge < -0.3 is 0 Å². The second-order valence-corrected chi connectivity index (χ2v) is 8.80. The molecule has 0 aromatic heterocycles. The molecule has 4 heteroatoms. The van der Waals surface area contributed by atoms with E-state index in [1.165, 1.54) is 15.2 Å². The van der Waals surface area contributed by atoms with Crippen LogP contribution in [0.25, 0.3) is 10.8 Å². The van der Waals surface area contributed by atoms with Gasteiger partial charge in [-0.15, -0.1) is 0 Å². The minimum atomic E-state index is -2.26. The minimum absolute atomic E-state index is 0.170. The Bertz CT molecular complexity index is 596. The Kier molecular flexibility index (Phi) is 2.01. The maximum absolute atomic E-state index is 12.2. The molecule has 2 nitrogen and oxygen atoms in total. The quantitative estimate of drug-likeness (QED) is 0.538. The van der Waals surface area contributed by atoms with E-state index in [-0.39, 0.29) is 15.2 Å². The summed E-state index contributed by atoms with van der Waals surface area (Å²) in [5.41, 5.74) is 0. The third kappa shape index (κ3) is 1.45. The van der Waals surface area contributed by atoms with Crippen LogP contribution >= 0.6 is 0 Å². The van der Waals surface area contributed by atoms with E-state index >= 15 is 0 Å². The van der Waals surface area contributed by atoms with Crippen LogP contribution < -0.4 is 8.20 Å². The summed E-state index contributed by atoms with van der Waals surface area (Å²) in [7, 11) is -2.26. The Morgan fingerprint density at radius 3 is 2.60 bits per heavy atom. The Labute approximate surface area is 96.0 Å². The molecule has 0 amide bonds. The van der Waals surface area contributed by atoms with Gasteiger partial charge in [0.25, 0.3) is 0 Å². The van der Waals surface area contributed by atoms with Crippen molar-refractivity contribution in [3.8, 4) is 0 Å². The first-order valence-corrected chi connectivity index (χ1v) is 8.58. The van der Waals surface area contributed by atoms with Crippen molar-refractivity contribution in [2.45, 2.75) is 4.90 Å². The van der Waals surface area contributed by atoms with E-state index in [0.717, 1.165) is 4.90 Å². The van der Waals surface area contributed by atoms with E-state index in [2.05, 4.69) is 28.0 Å². The Morgan fingerprint density at radius 1 is 1.20 bits per heavy atom. The molecule has 0 unspecified atom stereocenters. The van der Waals surface area contributed by atoms with Crippen LogP contribution in [0, 0.1) is 0 Å². The van der Waals surface area contributed by atoms with Gasteiger partial charge in [-0.25, -0.2) is 0 Å². The van der Waals surface area contributed by atoms with Crippen LogP contribution in [0.4, 0.5) is 0 Å². The second kappa shape index (κ2) is 3.16. The van der Waals surface area contributed by atoms with E-state index in [9.17, 15) is 4.21 Å². The van der Waals surface area contributed by atoms with Crippen molar-refractivity contribution < 1.29 is 4.21 Å². The number of hydrogen-bond acceptors (Lipinski definition) is 1. The van der Waals surface area contributed by atoms with Gasteiger partial charge in [0.15, 0.2) is 0 Å². The molecular formula is C11H11NOSSe. The fourth-order valence-electron chi connectivity index (χ4n) is 1.81. The molecule has 1 N–H and O–H groups in total. The Morgan fingerprint density at radius 2 is 1.87 bits per heavy atom. The summed E-state index contributed by atoms with van der Waals surface area (Å²) in [4.78, 5) is 1.03. The molecule has 2 aromatic rings. The van der Waals surface area contributed by atoms with Gasteiger partial charge in [-0.3, -0.25) is 0 Å². The van der Waals surface area contributed by atoms with Crippen molar-refractivity contribution in [1.82, 2.24) is 3.74 Å². The van der Waals surface area contributed by atoms with Gasteiger partial charge in [-0.1, -0.05) is 0 Å². The summed E-state index contributed by atoms with van der Waals surface area (Å²) in [6, 6.07) is 12.5. The van der Waals surface area contributed by atoms with Crippen LogP contribution in [0.3, 0.4) is 0 Å². The van der Waals surface area contributed by atoms with Crippen molar-refractivity contribution in [2.75, 3.05) is 6.26 Å². The van der Waals surface area contributed by atoms with E-state index in [1.54, 1.807) is 0 Å². The molecule has 0 aliphatic carbocycles. The number of thiol groups is 1. The van der Waals surface area contributed by atoms with Crippen LogP contribution in [0.2, 0.25) is 0 Å². The van der Waals surface area contributed by atoms with Crippen LogP contribution in [0.5, 0.6) is 0 Å². The van der Waals surface area contributed by atoms with Gasteiger partial charge in [0.05, 0.1) is 0 Å². The first-order chi connectivity index (χ1) is 7.17. The average Bonchev–Trinajstić information content (AvgIpc) is 2.52. The summed E-state index contributed by atoms with van der Waals surface area (Å²) in [5, 5.41) is 2.42. The van der Waals surface area contributed by atoms with Crippen molar-refractivity contribution >= 4 is 40.5 Å². The molecule has 15 heavy (non-hydrogen) atoms. The van der Waals surface area contributed by atoms with E-state index in [1.807, 2.05) is 18.4 Å². The van der Waals surface area contributed by atoms with Gasteiger partial charge >= 0.3 is 96.0 Å². The van der Waals surface area contributed by atoms with Gasteiger partial charge in [-0.2, -0.15) is 0 Å². The van der Waals surface area contributed by atoms with Crippen LogP contribution in [0.15, 0.2) is 41.3 Å². The van der Waals surface area contributed by atoms with Crippen molar-refractivity contribution in [3.63, 3.8) is 0 Å². The summed E-state index contributed by atoms with van der Waals surface area (Å²) in [5.74, 6) is 0. The molecule has 0 atom stereocenters. The van der Waals surface area contributed by atoms with Crippen LogP contribution in [0.1, 0.15) is 0 Å². The summed E-state index contributed by atoms with van der Waals surface area (Å²) in [6.45, 7) is 0. The normalized spacial score (nSPS) is 20.1. The van der Waals surface area contributed by atoms with Crippen molar-refractivity contribution in [1.29, 1.82) is 0 Å². The predicted octanol–water partition coefficient (Wildman–Crippen LogP) is 0.608. The number of fused-ring (bicyclic) bond motifs is 2. The Balaban J connectivity index is 2.38. The average molecular weight is 284 g/mol. The summed E-state index contributed by atoms with van der Waals surface area (Å²) >= 11 is 0.170. The summed E-state index contributed by atoms with van der Waals surface area (Å²) in [6.07, 6.45) is 1.81. The van der Waals surface area contributed by atoms with Crippen molar-refractivity contribution in [3.05, 3.63) is 36.4 Å². The first-order valence-electron chi connectivity index (χ1n) is 4.72. The molecule has 0 saturated heterocycles. The number of rotatable bonds is 0. The van der Waals surface area contributed by atoms with Crippen LogP contribution in [-0.4, -0.2) is 25.6 Å². The Hall–Kier alpha value is -0.671. The SMILES string of the molecule is C[SH]1(=O)N[Se]c2cc3ccccc3cc21. The molecule has 2 aromatic carbocycles. The van der Waals surface area contributed by atoms with Gasteiger partial charge in [0.1, 0.15) is 0 Å². The standard InChI is InChI=1S/C11H11NOSSe/c1-14(13)10-6-8-4-2-3-5-9(8)7-11(10)15-12-14/h2-7,14H,1H3,(H,12,13). The molecule has 78 valence electrons. The summed E-state index contributed by atoms with van der Waals surface area (Å²) < 4.78 is 16.6. The molecule has 0 saturated carbocycles. The molecule has 1 aliphatic heterocycles. The van der Waals surface area contributed by atoms with E-state index in [4.69, 9.17) is 0 Å². The number of nitrogens with one attached hydrogen (secondary N) is 1. The fraction of sp³-hybridized carbons (Fsp3) is 0.0909. The predicted molar refractivity (Wildman–Crippen MR) is 66.2 cm³/mol. The molecule has 0 bridgehead atoms. The molecule has 3 rings (SSSR count). The zero-order valence-corrected chi connectivity index (χ0v) is 10.8. The molecule has 0 fully saturated rings. The number of hydrogen-bond donors (Lipinski definition) is 2. The molecule has 1 aliphatic rings. The molecule has 0 radical (unpaired) electrons. The molecule has 0 spiro atoms. The zero-order valence-electron chi connectivity index (χ0n) is 8.23. The first kappa shape index (κ1) is 9.55. The molecular weight excluding hydrogens is 273 g/mol. The van der Waals surface area contributed by atoms with Gasteiger partial charge in [-0.05, 0) is 0 Å². The van der Waals surface area contributed by atoms with Gasteiger partial charge in [0, 0.05) is 0 Å². The topological polar surface area (TPSA) is 29.1 Å². The molecule has 1 heterocycles. The third-order valence-electron chi connectivity index (χ3n) is 2.62.